The Labute approximate surface area is 115 Å². The largest absolute Gasteiger partial charge is 0.370 e. The normalized spacial score (nSPS) is 12.3. The molecule has 0 aliphatic heterocycles. The second-order valence-electron chi connectivity index (χ2n) is 4.21. The van der Waals surface area contributed by atoms with Crippen LogP contribution in [0.4, 0.5) is 4.39 Å². The molecule has 0 saturated heterocycles. The molecule has 19 heavy (non-hydrogen) atoms. The molecule has 0 amide bonds. The van der Waals surface area contributed by atoms with E-state index in [1.807, 2.05) is 17.5 Å². The third-order valence-corrected chi connectivity index (χ3v) is 3.73. The Morgan fingerprint density at radius 2 is 2.05 bits per heavy atom. The molecule has 1 aromatic carbocycles. The van der Waals surface area contributed by atoms with Crippen molar-refractivity contribution in [1.29, 1.82) is 0 Å². The molecule has 2 rings (SSSR count). The summed E-state index contributed by atoms with van der Waals surface area (Å²) in [6.45, 7) is 2.23. The zero-order valence-electron chi connectivity index (χ0n) is 10.6. The molecule has 0 fully saturated rings. The van der Waals surface area contributed by atoms with Gasteiger partial charge in [-0.15, -0.1) is 11.3 Å². The number of carbonyl (C=O) groups is 1. The van der Waals surface area contributed by atoms with Crippen molar-refractivity contribution in [2.45, 2.75) is 19.4 Å². The van der Waals surface area contributed by atoms with Gasteiger partial charge in [-0.1, -0.05) is 6.07 Å². The summed E-state index contributed by atoms with van der Waals surface area (Å²) in [4.78, 5) is 13.2. The van der Waals surface area contributed by atoms with Crippen LogP contribution in [0, 0.1) is 5.82 Å². The van der Waals surface area contributed by atoms with Crippen LogP contribution in [-0.2, 0) is 11.2 Å². The molecule has 0 bridgehead atoms. The van der Waals surface area contributed by atoms with Gasteiger partial charge in [0.25, 0.3) is 0 Å². The molecule has 4 heteroatoms. The standard InChI is InChI=1S/C15H15FO2S/c1-11(18-9-8-14-3-2-10-19-14)15(17)12-4-6-13(16)7-5-12/h2-7,10-11H,8-9H2,1H3. The molecule has 100 valence electrons. The minimum atomic E-state index is -0.509. The third kappa shape index (κ3) is 3.98. The van der Waals surface area contributed by atoms with Gasteiger partial charge in [0.05, 0.1) is 6.61 Å². The van der Waals surface area contributed by atoms with E-state index in [2.05, 4.69) is 0 Å². The number of hydrogen-bond donors (Lipinski definition) is 0. The summed E-state index contributed by atoms with van der Waals surface area (Å²) in [6.07, 6.45) is 0.295. The van der Waals surface area contributed by atoms with E-state index in [1.165, 1.54) is 29.1 Å². The van der Waals surface area contributed by atoms with Crippen LogP contribution in [0.15, 0.2) is 41.8 Å². The topological polar surface area (TPSA) is 26.3 Å². The minimum Gasteiger partial charge on any atom is -0.370 e. The number of rotatable bonds is 6. The number of Topliss-reactive ketones (excluding diaryl/α,β-unsaturated/α-hetero) is 1. The van der Waals surface area contributed by atoms with E-state index in [4.69, 9.17) is 4.74 Å². The van der Waals surface area contributed by atoms with Gasteiger partial charge in [0.2, 0.25) is 0 Å². The van der Waals surface area contributed by atoms with E-state index in [-0.39, 0.29) is 11.6 Å². The van der Waals surface area contributed by atoms with E-state index in [0.717, 1.165) is 6.42 Å². The number of carbonyl (C=O) groups excluding carboxylic acids is 1. The molecule has 1 aromatic heterocycles. The van der Waals surface area contributed by atoms with Crippen LogP contribution in [0.5, 0.6) is 0 Å². The van der Waals surface area contributed by atoms with Gasteiger partial charge in [-0.25, -0.2) is 4.39 Å². The number of halogens is 1. The Hall–Kier alpha value is -1.52. The smallest absolute Gasteiger partial charge is 0.191 e. The number of thiophene rings is 1. The zero-order chi connectivity index (χ0) is 13.7. The molecule has 0 N–H and O–H groups in total. The fourth-order valence-electron chi connectivity index (χ4n) is 1.72. The van der Waals surface area contributed by atoms with Crippen molar-refractivity contribution < 1.29 is 13.9 Å². The lowest BCUT2D eigenvalue weighted by molar-refractivity contribution is 0.0488. The average Bonchev–Trinajstić information content (AvgIpc) is 2.92. The molecule has 0 radical (unpaired) electrons. The lowest BCUT2D eigenvalue weighted by Crippen LogP contribution is -2.22. The van der Waals surface area contributed by atoms with Gasteiger partial charge in [0, 0.05) is 16.9 Å². The van der Waals surface area contributed by atoms with Crippen molar-refractivity contribution in [2.24, 2.45) is 0 Å². The SMILES string of the molecule is CC(OCCc1cccs1)C(=O)c1ccc(F)cc1. The molecule has 2 aromatic rings. The van der Waals surface area contributed by atoms with Crippen LogP contribution in [0.3, 0.4) is 0 Å². The van der Waals surface area contributed by atoms with Gasteiger partial charge in [-0.3, -0.25) is 4.79 Å². The lowest BCUT2D eigenvalue weighted by Gasteiger charge is -2.11. The Bertz CT molecular complexity index is 520. The highest BCUT2D eigenvalue weighted by Gasteiger charge is 2.15. The summed E-state index contributed by atoms with van der Waals surface area (Å²) in [5.41, 5.74) is 0.477. The van der Waals surface area contributed by atoms with Crippen molar-refractivity contribution in [1.82, 2.24) is 0 Å². The Balaban J connectivity index is 1.83. The van der Waals surface area contributed by atoms with Gasteiger partial charge < -0.3 is 4.74 Å². The molecular weight excluding hydrogens is 263 g/mol. The first-order valence-electron chi connectivity index (χ1n) is 6.10. The third-order valence-electron chi connectivity index (χ3n) is 2.79. The van der Waals surface area contributed by atoms with Crippen molar-refractivity contribution >= 4 is 17.1 Å². The predicted molar refractivity (Wildman–Crippen MR) is 74.2 cm³/mol. The van der Waals surface area contributed by atoms with Crippen molar-refractivity contribution in [2.75, 3.05) is 6.61 Å². The first-order valence-corrected chi connectivity index (χ1v) is 6.98. The lowest BCUT2D eigenvalue weighted by atomic mass is 10.1. The highest BCUT2D eigenvalue weighted by atomic mass is 32.1. The van der Waals surface area contributed by atoms with E-state index < -0.39 is 6.10 Å². The summed E-state index contributed by atoms with van der Waals surface area (Å²) in [7, 11) is 0. The van der Waals surface area contributed by atoms with E-state index in [1.54, 1.807) is 18.3 Å². The van der Waals surface area contributed by atoms with Crippen LogP contribution >= 0.6 is 11.3 Å². The molecule has 0 saturated carbocycles. The Kier molecular flexibility index (Phi) is 4.82. The van der Waals surface area contributed by atoms with Crippen LogP contribution in [0.25, 0.3) is 0 Å². The average molecular weight is 278 g/mol. The summed E-state index contributed by atoms with van der Waals surface area (Å²) >= 11 is 1.67. The number of ether oxygens (including phenoxy) is 1. The molecule has 0 spiro atoms. The Morgan fingerprint density at radius 1 is 1.32 bits per heavy atom. The summed E-state index contributed by atoms with van der Waals surface area (Å²) in [5, 5.41) is 2.02. The predicted octanol–water partition coefficient (Wildman–Crippen LogP) is 3.72. The number of hydrogen-bond acceptors (Lipinski definition) is 3. The van der Waals surface area contributed by atoms with Crippen LogP contribution in [0.2, 0.25) is 0 Å². The van der Waals surface area contributed by atoms with Crippen LogP contribution in [-0.4, -0.2) is 18.5 Å². The summed E-state index contributed by atoms with van der Waals surface area (Å²) < 4.78 is 18.3. The van der Waals surface area contributed by atoms with Crippen molar-refractivity contribution in [3.05, 3.63) is 58.0 Å². The molecular formula is C15H15FO2S. The second kappa shape index (κ2) is 6.59. The zero-order valence-corrected chi connectivity index (χ0v) is 11.5. The van der Waals surface area contributed by atoms with E-state index >= 15 is 0 Å². The second-order valence-corrected chi connectivity index (χ2v) is 5.25. The van der Waals surface area contributed by atoms with Gasteiger partial charge in [0.1, 0.15) is 11.9 Å². The fourth-order valence-corrected chi connectivity index (χ4v) is 2.41. The highest BCUT2D eigenvalue weighted by molar-refractivity contribution is 7.09. The highest BCUT2D eigenvalue weighted by Crippen LogP contribution is 2.11. The monoisotopic (exact) mass is 278 g/mol. The number of benzene rings is 1. The van der Waals surface area contributed by atoms with Gasteiger partial charge in [0.15, 0.2) is 5.78 Å². The van der Waals surface area contributed by atoms with Crippen LogP contribution < -0.4 is 0 Å². The molecule has 1 atom stereocenters. The van der Waals surface area contributed by atoms with Gasteiger partial charge in [-0.2, -0.15) is 0 Å². The number of ketones is 1. The molecule has 0 aliphatic carbocycles. The first-order chi connectivity index (χ1) is 9.16. The molecule has 1 unspecified atom stereocenters. The summed E-state index contributed by atoms with van der Waals surface area (Å²) in [6, 6.07) is 9.57. The van der Waals surface area contributed by atoms with E-state index in [9.17, 15) is 9.18 Å². The van der Waals surface area contributed by atoms with Gasteiger partial charge in [-0.05, 0) is 42.6 Å². The maximum atomic E-state index is 12.8. The van der Waals surface area contributed by atoms with Gasteiger partial charge >= 0.3 is 0 Å². The van der Waals surface area contributed by atoms with E-state index in [0.29, 0.717) is 12.2 Å². The first kappa shape index (κ1) is 13.9. The molecule has 0 aliphatic rings. The minimum absolute atomic E-state index is 0.119. The quantitative estimate of drug-likeness (QED) is 0.753. The maximum absolute atomic E-state index is 12.8. The molecule has 2 nitrogen and oxygen atoms in total. The molecule has 1 heterocycles. The summed E-state index contributed by atoms with van der Waals surface area (Å²) in [5.74, 6) is -0.464. The Morgan fingerprint density at radius 3 is 2.68 bits per heavy atom. The van der Waals surface area contributed by atoms with Crippen LogP contribution in [0.1, 0.15) is 22.2 Å². The maximum Gasteiger partial charge on any atom is 0.191 e. The fraction of sp³-hybridized carbons (Fsp3) is 0.267. The van der Waals surface area contributed by atoms with Crippen molar-refractivity contribution in [3.8, 4) is 0 Å². The van der Waals surface area contributed by atoms with Crippen molar-refractivity contribution in [3.63, 3.8) is 0 Å².